The fourth-order valence-electron chi connectivity index (χ4n) is 1.75. The SMILES string of the molecule is Fc1cccc(F)c1CC1CSCC1Br. The number of benzene rings is 1. The van der Waals surface area contributed by atoms with Crippen LogP contribution in [-0.4, -0.2) is 16.3 Å². The number of thioether (sulfide) groups is 1. The second-order valence-corrected chi connectivity index (χ2v) is 5.97. The summed E-state index contributed by atoms with van der Waals surface area (Å²) in [5.41, 5.74) is 0.231. The summed E-state index contributed by atoms with van der Waals surface area (Å²) in [6.45, 7) is 0. The van der Waals surface area contributed by atoms with Gasteiger partial charge >= 0.3 is 0 Å². The van der Waals surface area contributed by atoms with Crippen molar-refractivity contribution in [2.45, 2.75) is 11.2 Å². The molecular weight excluding hydrogens is 282 g/mol. The fourth-order valence-corrected chi connectivity index (χ4v) is 4.22. The minimum absolute atomic E-state index is 0.231. The van der Waals surface area contributed by atoms with E-state index in [4.69, 9.17) is 0 Å². The zero-order valence-corrected chi connectivity index (χ0v) is 10.5. The second-order valence-electron chi connectivity index (χ2n) is 3.72. The monoisotopic (exact) mass is 292 g/mol. The van der Waals surface area contributed by atoms with Crippen molar-refractivity contribution >= 4 is 27.7 Å². The van der Waals surface area contributed by atoms with Gasteiger partial charge in [0.2, 0.25) is 0 Å². The molecule has 0 saturated carbocycles. The fraction of sp³-hybridized carbons (Fsp3) is 0.455. The zero-order chi connectivity index (χ0) is 10.8. The predicted octanol–water partition coefficient (Wildman–Crippen LogP) is 3.63. The summed E-state index contributed by atoms with van der Waals surface area (Å²) >= 11 is 5.38. The molecule has 1 heterocycles. The molecule has 1 aromatic rings. The Labute approximate surface area is 101 Å². The lowest BCUT2D eigenvalue weighted by Gasteiger charge is -2.13. The Morgan fingerprint density at radius 3 is 2.47 bits per heavy atom. The van der Waals surface area contributed by atoms with Gasteiger partial charge in [0.25, 0.3) is 0 Å². The quantitative estimate of drug-likeness (QED) is 0.750. The molecular formula is C11H11BrF2S. The Bertz CT molecular complexity index is 336. The zero-order valence-electron chi connectivity index (χ0n) is 8.05. The van der Waals surface area contributed by atoms with E-state index in [1.807, 2.05) is 11.8 Å². The van der Waals surface area contributed by atoms with Crippen LogP contribution in [0.15, 0.2) is 18.2 Å². The highest BCUT2D eigenvalue weighted by molar-refractivity contribution is 9.09. The summed E-state index contributed by atoms with van der Waals surface area (Å²) in [5.74, 6) is 1.49. The van der Waals surface area contributed by atoms with E-state index in [1.54, 1.807) is 0 Å². The van der Waals surface area contributed by atoms with Crippen molar-refractivity contribution in [2.24, 2.45) is 5.92 Å². The Balaban J connectivity index is 2.16. The number of halogens is 3. The van der Waals surface area contributed by atoms with Crippen LogP contribution in [0.1, 0.15) is 5.56 Å². The molecule has 2 rings (SSSR count). The summed E-state index contributed by atoms with van der Waals surface area (Å²) in [7, 11) is 0. The Morgan fingerprint density at radius 1 is 1.27 bits per heavy atom. The molecule has 0 amide bonds. The summed E-state index contributed by atoms with van der Waals surface area (Å²) < 4.78 is 26.7. The van der Waals surface area contributed by atoms with Gasteiger partial charge < -0.3 is 0 Å². The molecule has 1 aliphatic heterocycles. The Kier molecular flexibility index (Phi) is 3.67. The Morgan fingerprint density at radius 2 is 1.93 bits per heavy atom. The van der Waals surface area contributed by atoms with Crippen molar-refractivity contribution in [3.63, 3.8) is 0 Å². The van der Waals surface area contributed by atoms with E-state index in [-0.39, 0.29) is 5.56 Å². The molecule has 0 spiro atoms. The molecule has 2 atom stereocenters. The van der Waals surface area contributed by atoms with Crippen LogP contribution in [0.5, 0.6) is 0 Å². The first-order chi connectivity index (χ1) is 7.18. The molecule has 1 fully saturated rings. The van der Waals surface area contributed by atoms with Crippen molar-refractivity contribution in [1.29, 1.82) is 0 Å². The van der Waals surface area contributed by atoms with Gasteiger partial charge in [0.15, 0.2) is 0 Å². The predicted molar refractivity (Wildman–Crippen MR) is 63.6 cm³/mol. The minimum Gasteiger partial charge on any atom is -0.207 e. The van der Waals surface area contributed by atoms with Crippen molar-refractivity contribution in [2.75, 3.05) is 11.5 Å². The van der Waals surface area contributed by atoms with Crippen molar-refractivity contribution < 1.29 is 8.78 Å². The number of hydrogen-bond donors (Lipinski definition) is 0. The first kappa shape index (κ1) is 11.4. The molecule has 0 nitrogen and oxygen atoms in total. The van der Waals surface area contributed by atoms with Crippen LogP contribution in [0.25, 0.3) is 0 Å². The van der Waals surface area contributed by atoms with Crippen LogP contribution >= 0.6 is 27.7 Å². The second kappa shape index (κ2) is 4.83. The lowest BCUT2D eigenvalue weighted by Crippen LogP contribution is -2.16. The maximum Gasteiger partial charge on any atom is 0.129 e. The van der Waals surface area contributed by atoms with Crippen LogP contribution in [0.4, 0.5) is 8.78 Å². The van der Waals surface area contributed by atoms with E-state index in [9.17, 15) is 8.78 Å². The van der Waals surface area contributed by atoms with E-state index in [2.05, 4.69) is 15.9 Å². The molecule has 0 radical (unpaired) electrons. The van der Waals surface area contributed by atoms with Gasteiger partial charge in [0, 0.05) is 16.1 Å². The average molecular weight is 293 g/mol. The van der Waals surface area contributed by atoms with Gasteiger partial charge in [0.05, 0.1) is 0 Å². The van der Waals surface area contributed by atoms with Gasteiger partial charge in [-0.05, 0) is 30.2 Å². The van der Waals surface area contributed by atoms with Crippen LogP contribution in [0, 0.1) is 17.6 Å². The number of alkyl halides is 1. The summed E-state index contributed by atoms with van der Waals surface area (Å²) in [5, 5.41) is 0. The molecule has 4 heteroatoms. The minimum atomic E-state index is -0.424. The van der Waals surface area contributed by atoms with Crippen LogP contribution in [0.2, 0.25) is 0 Å². The van der Waals surface area contributed by atoms with E-state index < -0.39 is 11.6 Å². The molecule has 0 aromatic heterocycles. The standard InChI is InChI=1S/C11H11BrF2S/c12-9-6-15-5-7(9)4-8-10(13)2-1-3-11(8)14/h1-3,7,9H,4-6H2. The number of hydrogen-bond acceptors (Lipinski definition) is 1. The highest BCUT2D eigenvalue weighted by atomic mass is 79.9. The highest BCUT2D eigenvalue weighted by Crippen LogP contribution is 2.33. The third kappa shape index (κ3) is 2.53. The number of rotatable bonds is 2. The maximum absolute atomic E-state index is 13.4. The van der Waals surface area contributed by atoms with E-state index in [0.29, 0.717) is 17.2 Å². The van der Waals surface area contributed by atoms with Crippen LogP contribution in [0.3, 0.4) is 0 Å². The summed E-state index contributed by atoms with van der Waals surface area (Å²) in [6, 6.07) is 4.05. The molecule has 1 saturated heterocycles. The van der Waals surface area contributed by atoms with E-state index in [1.165, 1.54) is 18.2 Å². The molecule has 2 unspecified atom stereocenters. The van der Waals surface area contributed by atoms with Gasteiger partial charge in [-0.1, -0.05) is 22.0 Å². The van der Waals surface area contributed by atoms with Gasteiger partial charge in [0.1, 0.15) is 11.6 Å². The largest absolute Gasteiger partial charge is 0.207 e. The van der Waals surface area contributed by atoms with Gasteiger partial charge in [-0.2, -0.15) is 11.8 Å². The molecule has 1 aliphatic rings. The molecule has 82 valence electrons. The molecule has 0 bridgehead atoms. The molecule has 0 N–H and O–H groups in total. The highest BCUT2D eigenvalue weighted by Gasteiger charge is 2.27. The lowest BCUT2D eigenvalue weighted by atomic mass is 9.98. The van der Waals surface area contributed by atoms with Crippen molar-refractivity contribution in [3.05, 3.63) is 35.4 Å². The van der Waals surface area contributed by atoms with Crippen LogP contribution in [-0.2, 0) is 6.42 Å². The van der Waals surface area contributed by atoms with Gasteiger partial charge in [-0.25, -0.2) is 8.78 Å². The molecule has 15 heavy (non-hydrogen) atoms. The van der Waals surface area contributed by atoms with Crippen molar-refractivity contribution in [3.8, 4) is 0 Å². The normalized spacial score (nSPS) is 25.8. The van der Waals surface area contributed by atoms with Crippen LogP contribution < -0.4 is 0 Å². The molecule has 1 aromatic carbocycles. The first-order valence-electron chi connectivity index (χ1n) is 4.83. The topological polar surface area (TPSA) is 0 Å². The smallest absolute Gasteiger partial charge is 0.129 e. The van der Waals surface area contributed by atoms with Crippen molar-refractivity contribution in [1.82, 2.24) is 0 Å². The third-order valence-electron chi connectivity index (χ3n) is 2.65. The lowest BCUT2D eigenvalue weighted by molar-refractivity contribution is 0.518. The molecule has 0 aliphatic carbocycles. The maximum atomic E-state index is 13.4. The van der Waals surface area contributed by atoms with Gasteiger partial charge in [-0.3, -0.25) is 0 Å². The first-order valence-corrected chi connectivity index (χ1v) is 6.90. The Hall–Kier alpha value is -0.0900. The van der Waals surface area contributed by atoms with E-state index in [0.717, 1.165) is 11.5 Å². The van der Waals surface area contributed by atoms with E-state index >= 15 is 0 Å². The average Bonchev–Trinajstić information content (AvgIpc) is 2.58. The summed E-state index contributed by atoms with van der Waals surface area (Å²) in [4.78, 5) is 0.376. The summed E-state index contributed by atoms with van der Waals surface area (Å²) in [6.07, 6.45) is 0.488. The third-order valence-corrected chi connectivity index (χ3v) is 5.41. The van der Waals surface area contributed by atoms with Gasteiger partial charge in [-0.15, -0.1) is 0 Å².